The fourth-order valence-electron chi connectivity index (χ4n) is 6.83. The number of furan rings is 1. The van der Waals surface area contributed by atoms with Gasteiger partial charge in [-0.15, -0.1) is 0 Å². The second-order valence-corrected chi connectivity index (χ2v) is 11.9. The van der Waals surface area contributed by atoms with Gasteiger partial charge >= 0.3 is 0 Å². The quantitative estimate of drug-likeness (QED) is 0.226. The van der Waals surface area contributed by atoms with E-state index in [0.717, 1.165) is 44.4 Å². The van der Waals surface area contributed by atoms with Gasteiger partial charge in [0.15, 0.2) is 5.58 Å². The van der Waals surface area contributed by atoms with Crippen molar-refractivity contribution in [1.29, 1.82) is 0 Å². The van der Waals surface area contributed by atoms with E-state index in [-0.39, 0.29) is 0 Å². The number of aryl methyl sites for hydroxylation is 1. The van der Waals surface area contributed by atoms with Crippen LogP contribution in [-0.4, -0.2) is 0 Å². The van der Waals surface area contributed by atoms with E-state index >= 15 is 0 Å². The Kier molecular flexibility index (Phi) is 5.76. The number of hydrogen-bond acceptors (Lipinski definition) is 2. The molecule has 0 amide bonds. The SMILES string of the molecule is Cc1cccc2c1oc1c(Nc3ccccc3-c3ccc4cc(-c5ccc6ccccc6c5)ccc4c3)cc3ccccc3c12. The van der Waals surface area contributed by atoms with Crippen molar-refractivity contribution in [1.82, 2.24) is 0 Å². The molecule has 9 rings (SSSR count). The highest BCUT2D eigenvalue weighted by atomic mass is 16.3. The van der Waals surface area contributed by atoms with E-state index < -0.39 is 0 Å². The molecule has 9 aromatic rings. The van der Waals surface area contributed by atoms with Crippen LogP contribution >= 0.6 is 0 Å². The molecule has 1 heterocycles. The van der Waals surface area contributed by atoms with Crippen molar-refractivity contribution in [2.75, 3.05) is 5.32 Å². The van der Waals surface area contributed by atoms with Crippen LogP contribution in [0.3, 0.4) is 0 Å². The number of hydrogen-bond donors (Lipinski definition) is 1. The molecule has 0 saturated carbocycles. The normalized spacial score (nSPS) is 11.7. The summed E-state index contributed by atoms with van der Waals surface area (Å²) in [7, 11) is 0. The van der Waals surface area contributed by atoms with E-state index in [1.807, 2.05) is 0 Å². The molecular formula is C43H29NO. The summed E-state index contributed by atoms with van der Waals surface area (Å²) in [5.74, 6) is 0. The second-order valence-electron chi connectivity index (χ2n) is 11.9. The highest BCUT2D eigenvalue weighted by Crippen LogP contribution is 2.42. The van der Waals surface area contributed by atoms with Crippen LogP contribution < -0.4 is 5.32 Å². The molecule has 1 aromatic heterocycles. The number of fused-ring (bicyclic) bond motifs is 7. The zero-order chi connectivity index (χ0) is 29.9. The number of para-hydroxylation sites is 2. The minimum atomic E-state index is 0.882. The van der Waals surface area contributed by atoms with Gasteiger partial charge in [-0.2, -0.15) is 0 Å². The lowest BCUT2D eigenvalue weighted by molar-refractivity contribution is 0.667. The van der Waals surface area contributed by atoms with Crippen LogP contribution in [0.15, 0.2) is 156 Å². The van der Waals surface area contributed by atoms with Gasteiger partial charge in [0.25, 0.3) is 0 Å². The third-order valence-electron chi connectivity index (χ3n) is 9.12. The van der Waals surface area contributed by atoms with Gasteiger partial charge in [0.2, 0.25) is 0 Å². The summed E-state index contributed by atoms with van der Waals surface area (Å²) in [5, 5.41) is 13.4. The van der Waals surface area contributed by atoms with Gasteiger partial charge in [0, 0.05) is 22.0 Å². The summed E-state index contributed by atoms with van der Waals surface area (Å²) in [6.45, 7) is 2.11. The van der Waals surface area contributed by atoms with Crippen LogP contribution in [0.4, 0.5) is 11.4 Å². The number of nitrogens with one attached hydrogen (secondary N) is 1. The summed E-state index contributed by atoms with van der Waals surface area (Å²) >= 11 is 0. The maximum absolute atomic E-state index is 6.61. The van der Waals surface area contributed by atoms with E-state index in [1.54, 1.807) is 0 Å². The van der Waals surface area contributed by atoms with Crippen molar-refractivity contribution >= 4 is 65.6 Å². The average molecular weight is 576 g/mol. The molecule has 0 saturated heterocycles. The molecule has 2 nitrogen and oxygen atoms in total. The molecule has 0 atom stereocenters. The Hall–Kier alpha value is -5.86. The zero-order valence-corrected chi connectivity index (χ0v) is 24.8. The predicted molar refractivity (Wildman–Crippen MR) is 192 cm³/mol. The molecule has 1 N–H and O–H groups in total. The Labute approximate surface area is 261 Å². The Balaban J connectivity index is 1.13. The minimum absolute atomic E-state index is 0.882. The van der Waals surface area contributed by atoms with E-state index in [4.69, 9.17) is 4.42 Å². The van der Waals surface area contributed by atoms with Gasteiger partial charge in [0.05, 0.1) is 5.69 Å². The highest BCUT2D eigenvalue weighted by molar-refractivity contribution is 6.22. The van der Waals surface area contributed by atoms with Crippen molar-refractivity contribution in [2.45, 2.75) is 6.92 Å². The van der Waals surface area contributed by atoms with Crippen molar-refractivity contribution in [3.63, 3.8) is 0 Å². The van der Waals surface area contributed by atoms with Gasteiger partial charge in [-0.1, -0.05) is 121 Å². The second kappa shape index (κ2) is 10.1. The molecule has 0 aliphatic heterocycles. The van der Waals surface area contributed by atoms with Gasteiger partial charge in [0.1, 0.15) is 5.58 Å². The van der Waals surface area contributed by atoms with Crippen LogP contribution in [-0.2, 0) is 0 Å². The summed E-state index contributed by atoms with van der Waals surface area (Å²) in [6, 6.07) is 54.4. The van der Waals surface area contributed by atoms with Gasteiger partial charge in [-0.25, -0.2) is 0 Å². The number of rotatable bonds is 4. The molecule has 0 bridgehead atoms. The standard InChI is InChI=1S/C43H29NO/c1-27-9-8-15-38-41-37-14-5-4-12-34(37)26-40(43(41)45-42(27)38)44-39-16-7-6-13-36(39)35-22-21-32-24-31(19-20-33(32)25-35)30-18-17-28-10-2-3-11-29(28)23-30/h2-26,44H,1H3. The van der Waals surface area contributed by atoms with E-state index in [9.17, 15) is 0 Å². The molecule has 0 aliphatic rings. The average Bonchev–Trinajstić information content (AvgIpc) is 3.50. The molecule has 2 heteroatoms. The van der Waals surface area contributed by atoms with E-state index in [0.29, 0.717) is 0 Å². The Morgan fingerprint density at radius 3 is 1.84 bits per heavy atom. The molecule has 0 spiro atoms. The van der Waals surface area contributed by atoms with E-state index in [2.05, 4.69) is 164 Å². The van der Waals surface area contributed by atoms with Crippen LogP contribution in [0.1, 0.15) is 5.56 Å². The van der Waals surface area contributed by atoms with Crippen LogP contribution in [0.2, 0.25) is 0 Å². The lowest BCUT2D eigenvalue weighted by Crippen LogP contribution is -1.94. The molecule has 0 fully saturated rings. The molecule has 0 aliphatic carbocycles. The topological polar surface area (TPSA) is 25.2 Å². The van der Waals surface area contributed by atoms with Crippen LogP contribution in [0, 0.1) is 6.92 Å². The maximum atomic E-state index is 6.61. The fourth-order valence-corrected chi connectivity index (χ4v) is 6.83. The Morgan fingerprint density at radius 2 is 1.02 bits per heavy atom. The lowest BCUT2D eigenvalue weighted by Gasteiger charge is -2.15. The first-order valence-corrected chi connectivity index (χ1v) is 15.4. The smallest absolute Gasteiger partial charge is 0.159 e. The summed E-state index contributed by atoms with van der Waals surface area (Å²) < 4.78 is 6.61. The predicted octanol–water partition coefficient (Wildman–Crippen LogP) is 12.4. The van der Waals surface area contributed by atoms with Crippen molar-refractivity contribution in [2.24, 2.45) is 0 Å². The third-order valence-corrected chi connectivity index (χ3v) is 9.12. The first kappa shape index (κ1) is 25.6. The van der Waals surface area contributed by atoms with Crippen molar-refractivity contribution in [3.8, 4) is 22.3 Å². The molecular weight excluding hydrogens is 546 g/mol. The van der Waals surface area contributed by atoms with Gasteiger partial charge < -0.3 is 9.73 Å². The van der Waals surface area contributed by atoms with Crippen LogP contribution in [0.25, 0.3) is 76.5 Å². The molecule has 0 radical (unpaired) electrons. The number of benzene rings is 8. The van der Waals surface area contributed by atoms with Crippen molar-refractivity contribution < 1.29 is 4.42 Å². The van der Waals surface area contributed by atoms with Gasteiger partial charge in [-0.05, 0) is 91.8 Å². The highest BCUT2D eigenvalue weighted by Gasteiger charge is 2.17. The Morgan fingerprint density at radius 1 is 0.422 bits per heavy atom. The van der Waals surface area contributed by atoms with Crippen molar-refractivity contribution in [3.05, 3.63) is 157 Å². The molecule has 212 valence electrons. The first-order valence-electron chi connectivity index (χ1n) is 15.4. The van der Waals surface area contributed by atoms with Gasteiger partial charge in [-0.3, -0.25) is 0 Å². The molecule has 8 aromatic carbocycles. The Bertz CT molecular complexity index is 2590. The monoisotopic (exact) mass is 575 g/mol. The summed E-state index contributed by atoms with van der Waals surface area (Å²) in [6.07, 6.45) is 0. The molecule has 0 unspecified atom stereocenters. The summed E-state index contributed by atoms with van der Waals surface area (Å²) in [4.78, 5) is 0. The molecule has 45 heavy (non-hydrogen) atoms. The number of anilines is 2. The third kappa shape index (κ3) is 4.26. The summed E-state index contributed by atoms with van der Waals surface area (Å²) in [5.41, 5.74) is 9.74. The van der Waals surface area contributed by atoms with Crippen LogP contribution in [0.5, 0.6) is 0 Å². The maximum Gasteiger partial charge on any atom is 0.159 e. The van der Waals surface area contributed by atoms with E-state index in [1.165, 1.54) is 49.0 Å². The lowest BCUT2D eigenvalue weighted by atomic mass is 9.96. The minimum Gasteiger partial charge on any atom is -0.454 e. The first-order chi connectivity index (χ1) is 22.2. The largest absolute Gasteiger partial charge is 0.454 e. The zero-order valence-electron chi connectivity index (χ0n) is 24.8. The fraction of sp³-hybridized carbons (Fsp3) is 0.0233.